The van der Waals surface area contributed by atoms with E-state index in [1.165, 1.54) is 12.1 Å². The SMILES string of the molecule is Cc1ccc(Oc2cc(NC(=O)Cn3nc(C(F)(F)F)c(Br)c3C3CC3)cc([N+](=O)[O-])c2)cc1. The number of anilines is 1. The summed E-state index contributed by atoms with van der Waals surface area (Å²) in [5.41, 5.74) is -0.0311. The molecule has 8 nitrogen and oxygen atoms in total. The van der Waals surface area contributed by atoms with Gasteiger partial charge in [0.1, 0.15) is 18.0 Å². The van der Waals surface area contributed by atoms with E-state index in [-0.39, 0.29) is 27.5 Å². The number of ether oxygens (including phenoxy) is 1. The summed E-state index contributed by atoms with van der Waals surface area (Å²) in [6.07, 6.45) is -3.27. The molecule has 3 aromatic rings. The highest BCUT2D eigenvalue weighted by Crippen LogP contribution is 2.47. The maximum atomic E-state index is 13.3. The standard InChI is InChI=1S/C22H18BrF3N4O4/c1-12-2-6-16(7-3-12)34-17-9-14(8-15(10-17)30(32)33)27-18(31)11-29-20(13-4-5-13)19(23)21(28-29)22(24,25)26/h2-3,6-10,13H,4-5,11H2,1H3,(H,27,31). The summed E-state index contributed by atoms with van der Waals surface area (Å²) >= 11 is 2.98. The number of nitro benzene ring substituents is 1. The van der Waals surface area contributed by atoms with Gasteiger partial charge in [0.15, 0.2) is 5.69 Å². The molecule has 0 bridgehead atoms. The number of carbonyl (C=O) groups excluding carboxylic acids is 1. The summed E-state index contributed by atoms with van der Waals surface area (Å²) in [4.78, 5) is 23.4. The minimum Gasteiger partial charge on any atom is -0.457 e. The van der Waals surface area contributed by atoms with Gasteiger partial charge in [-0.25, -0.2) is 0 Å². The molecule has 1 saturated carbocycles. The van der Waals surface area contributed by atoms with Crippen molar-refractivity contribution in [3.63, 3.8) is 0 Å². The van der Waals surface area contributed by atoms with E-state index in [9.17, 15) is 28.1 Å². The Morgan fingerprint density at radius 3 is 2.50 bits per heavy atom. The molecular formula is C22H18BrF3N4O4. The molecule has 0 unspecified atom stereocenters. The molecule has 1 heterocycles. The van der Waals surface area contributed by atoms with Crippen molar-refractivity contribution in [3.8, 4) is 11.5 Å². The molecule has 34 heavy (non-hydrogen) atoms. The number of nitrogens with one attached hydrogen (secondary N) is 1. The number of non-ortho nitro benzene ring substituents is 1. The van der Waals surface area contributed by atoms with Crippen molar-refractivity contribution >= 4 is 33.2 Å². The van der Waals surface area contributed by atoms with Crippen molar-refractivity contribution in [2.24, 2.45) is 0 Å². The molecule has 0 saturated heterocycles. The third-order valence-electron chi connectivity index (χ3n) is 5.10. The van der Waals surface area contributed by atoms with Crippen LogP contribution < -0.4 is 10.1 Å². The van der Waals surface area contributed by atoms with Crippen LogP contribution in [0.3, 0.4) is 0 Å². The number of nitro groups is 1. The highest BCUT2D eigenvalue weighted by molar-refractivity contribution is 9.10. The molecule has 178 valence electrons. The Kier molecular flexibility index (Phi) is 6.34. The van der Waals surface area contributed by atoms with E-state index >= 15 is 0 Å². The number of amides is 1. The largest absolute Gasteiger partial charge is 0.457 e. The summed E-state index contributed by atoms with van der Waals surface area (Å²) in [6.45, 7) is 1.41. The fourth-order valence-corrected chi connectivity index (χ4v) is 4.23. The molecule has 4 rings (SSSR count). The average molecular weight is 539 g/mol. The number of rotatable bonds is 7. The van der Waals surface area contributed by atoms with Crippen LogP contribution in [-0.2, 0) is 17.5 Å². The first-order chi connectivity index (χ1) is 16.0. The number of nitrogens with zero attached hydrogens (tertiary/aromatic N) is 3. The predicted octanol–water partition coefficient (Wildman–Crippen LogP) is 6.19. The van der Waals surface area contributed by atoms with Crippen molar-refractivity contribution in [3.05, 3.63) is 74.0 Å². The van der Waals surface area contributed by atoms with Gasteiger partial charge < -0.3 is 10.1 Å². The molecule has 2 aromatic carbocycles. The average Bonchev–Trinajstić information content (AvgIpc) is 3.52. The lowest BCUT2D eigenvalue weighted by Gasteiger charge is -2.11. The summed E-state index contributed by atoms with van der Waals surface area (Å²) in [5, 5.41) is 17.4. The zero-order valence-corrected chi connectivity index (χ0v) is 19.3. The van der Waals surface area contributed by atoms with E-state index < -0.39 is 29.2 Å². The maximum Gasteiger partial charge on any atom is 0.436 e. The Bertz CT molecular complexity index is 1250. The summed E-state index contributed by atoms with van der Waals surface area (Å²) in [6, 6.07) is 10.8. The number of hydrogen-bond acceptors (Lipinski definition) is 5. The van der Waals surface area contributed by atoms with Gasteiger partial charge in [-0.05, 0) is 47.8 Å². The molecule has 1 aliphatic carbocycles. The third kappa shape index (κ3) is 5.38. The summed E-state index contributed by atoms with van der Waals surface area (Å²) in [5.74, 6) is -0.239. The van der Waals surface area contributed by atoms with Gasteiger partial charge in [0.05, 0.1) is 26.8 Å². The van der Waals surface area contributed by atoms with Crippen LogP contribution in [0.15, 0.2) is 46.9 Å². The van der Waals surface area contributed by atoms with Crippen LogP contribution >= 0.6 is 15.9 Å². The van der Waals surface area contributed by atoms with Gasteiger partial charge in [-0.1, -0.05) is 17.7 Å². The summed E-state index contributed by atoms with van der Waals surface area (Å²) < 4.78 is 46.4. The smallest absolute Gasteiger partial charge is 0.436 e. The molecule has 1 aliphatic rings. The fraction of sp³-hybridized carbons (Fsp3) is 0.273. The van der Waals surface area contributed by atoms with Crippen molar-refractivity contribution in [2.75, 3.05) is 5.32 Å². The number of aryl methyl sites for hydroxylation is 1. The minimum atomic E-state index is -4.67. The Morgan fingerprint density at radius 1 is 1.24 bits per heavy atom. The number of hydrogen-bond donors (Lipinski definition) is 1. The second-order valence-electron chi connectivity index (χ2n) is 7.91. The Balaban J connectivity index is 1.56. The quantitative estimate of drug-likeness (QED) is 0.285. The van der Waals surface area contributed by atoms with Crippen molar-refractivity contribution in [2.45, 2.75) is 38.4 Å². The van der Waals surface area contributed by atoms with E-state index in [2.05, 4.69) is 26.3 Å². The topological polar surface area (TPSA) is 99.3 Å². The number of halogens is 4. The Morgan fingerprint density at radius 2 is 1.91 bits per heavy atom. The summed E-state index contributed by atoms with van der Waals surface area (Å²) in [7, 11) is 0. The van der Waals surface area contributed by atoms with Gasteiger partial charge in [-0.15, -0.1) is 0 Å². The Hall–Kier alpha value is -3.41. The first kappa shape index (κ1) is 23.7. The van der Waals surface area contributed by atoms with Crippen LogP contribution in [0.5, 0.6) is 11.5 Å². The van der Waals surface area contributed by atoms with Crippen LogP contribution in [0.4, 0.5) is 24.5 Å². The van der Waals surface area contributed by atoms with Crippen molar-refractivity contribution < 1.29 is 27.6 Å². The van der Waals surface area contributed by atoms with Crippen LogP contribution in [-0.4, -0.2) is 20.6 Å². The minimum absolute atomic E-state index is 0.0663. The lowest BCUT2D eigenvalue weighted by molar-refractivity contribution is -0.384. The molecule has 0 spiro atoms. The molecular weight excluding hydrogens is 521 g/mol. The molecule has 12 heteroatoms. The lowest BCUT2D eigenvalue weighted by atomic mass is 10.2. The van der Waals surface area contributed by atoms with Gasteiger partial charge >= 0.3 is 6.18 Å². The Labute approximate surface area is 200 Å². The van der Waals surface area contributed by atoms with E-state index in [0.29, 0.717) is 24.3 Å². The van der Waals surface area contributed by atoms with Gasteiger partial charge in [0.2, 0.25) is 5.91 Å². The van der Waals surface area contributed by atoms with Gasteiger partial charge in [-0.2, -0.15) is 18.3 Å². The zero-order chi connectivity index (χ0) is 24.6. The number of carbonyl (C=O) groups is 1. The van der Waals surface area contributed by atoms with E-state index in [1.54, 1.807) is 12.1 Å². The maximum absolute atomic E-state index is 13.3. The van der Waals surface area contributed by atoms with E-state index in [0.717, 1.165) is 16.3 Å². The normalized spacial score (nSPS) is 13.6. The molecule has 0 radical (unpaired) electrons. The van der Waals surface area contributed by atoms with Crippen LogP contribution in [0, 0.1) is 17.0 Å². The molecule has 1 amide bonds. The van der Waals surface area contributed by atoms with Gasteiger partial charge in [-0.3, -0.25) is 19.6 Å². The van der Waals surface area contributed by atoms with E-state index in [4.69, 9.17) is 4.74 Å². The monoisotopic (exact) mass is 538 g/mol. The number of aromatic nitrogens is 2. The highest BCUT2D eigenvalue weighted by Gasteiger charge is 2.42. The molecule has 1 aromatic heterocycles. The van der Waals surface area contributed by atoms with Crippen LogP contribution in [0.2, 0.25) is 0 Å². The van der Waals surface area contributed by atoms with Crippen LogP contribution in [0.1, 0.15) is 35.7 Å². The molecule has 1 fully saturated rings. The lowest BCUT2D eigenvalue weighted by Crippen LogP contribution is -2.21. The number of benzene rings is 2. The predicted molar refractivity (Wildman–Crippen MR) is 120 cm³/mol. The zero-order valence-electron chi connectivity index (χ0n) is 17.7. The highest BCUT2D eigenvalue weighted by atomic mass is 79.9. The second-order valence-corrected chi connectivity index (χ2v) is 8.71. The van der Waals surface area contributed by atoms with E-state index in [1.807, 2.05) is 19.1 Å². The van der Waals surface area contributed by atoms with Gasteiger partial charge in [0, 0.05) is 18.1 Å². The molecule has 1 N–H and O–H groups in total. The first-order valence-electron chi connectivity index (χ1n) is 10.2. The van der Waals surface area contributed by atoms with Crippen molar-refractivity contribution in [1.82, 2.24) is 9.78 Å². The van der Waals surface area contributed by atoms with Gasteiger partial charge in [0.25, 0.3) is 5.69 Å². The first-order valence-corrected chi connectivity index (χ1v) is 11.0. The third-order valence-corrected chi connectivity index (χ3v) is 5.88. The molecule has 0 aliphatic heterocycles. The molecule has 0 atom stereocenters. The van der Waals surface area contributed by atoms with Crippen LogP contribution in [0.25, 0.3) is 0 Å². The van der Waals surface area contributed by atoms with Crippen molar-refractivity contribution in [1.29, 1.82) is 0 Å². The number of alkyl halides is 3. The second kappa shape index (κ2) is 9.09. The fourth-order valence-electron chi connectivity index (χ4n) is 3.40.